The number of hydrogen-bond donors (Lipinski definition) is 1. The van der Waals surface area contributed by atoms with E-state index in [4.69, 9.17) is 14.4 Å². The Morgan fingerprint density at radius 2 is 2.17 bits per heavy atom. The Kier molecular flexibility index (Phi) is 4.55. The number of aryl methyl sites for hydroxylation is 1. The number of aromatic nitrogens is 2. The zero-order valence-corrected chi connectivity index (χ0v) is 12.8. The third-order valence-electron chi connectivity index (χ3n) is 3.84. The summed E-state index contributed by atoms with van der Waals surface area (Å²) in [4.78, 5) is 2.08. The molecule has 0 saturated carbocycles. The summed E-state index contributed by atoms with van der Waals surface area (Å²) < 4.78 is 11.2. The first-order chi connectivity index (χ1) is 11.2. The van der Waals surface area contributed by atoms with Crippen molar-refractivity contribution in [1.82, 2.24) is 15.1 Å². The highest BCUT2D eigenvalue weighted by atomic mass is 16.5. The number of benzene rings is 1. The lowest BCUT2D eigenvalue weighted by molar-refractivity contribution is 0.157. The number of hydrogen-bond acceptors (Lipinski definition) is 7. The number of ether oxygens (including phenoxy) is 1. The van der Waals surface area contributed by atoms with Crippen LogP contribution in [0.3, 0.4) is 0 Å². The monoisotopic (exact) mass is 314 g/mol. The lowest BCUT2D eigenvalue weighted by Gasteiger charge is -2.21. The molecule has 0 bridgehead atoms. The summed E-state index contributed by atoms with van der Waals surface area (Å²) in [5.74, 6) is 1.78. The third-order valence-corrected chi connectivity index (χ3v) is 3.84. The fourth-order valence-corrected chi connectivity index (χ4v) is 2.74. The fourth-order valence-electron chi connectivity index (χ4n) is 2.74. The van der Waals surface area contributed by atoms with Gasteiger partial charge < -0.3 is 14.3 Å². The van der Waals surface area contributed by atoms with Crippen LogP contribution in [0.5, 0.6) is 5.75 Å². The van der Waals surface area contributed by atoms with Crippen LogP contribution >= 0.6 is 0 Å². The Bertz CT molecular complexity index is 692. The van der Waals surface area contributed by atoms with Gasteiger partial charge in [0, 0.05) is 20.0 Å². The Labute approximate surface area is 134 Å². The van der Waals surface area contributed by atoms with Crippen molar-refractivity contribution in [2.75, 3.05) is 19.7 Å². The molecule has 0 aliphatic carbocycles. The maximum absolute atomic E-state index is 9.91. The molecule has 23 heavy (non-hydrogen) atoms. The van der Waals surface area contributed by atoms with Crippen LogP contribution in [-0.2, 0) is 0 Å². The van der Waals surface area contributed by atoms with Gasteiger partial charge in [0.25, 0.3) is 0 Å². The summed E-state index contributed by atoms with van der Waals surface area (Å²) in [6, 6.07) is 8.99. The largest absolute Gasteiger partial charge is 0.492 e. The molecule has 1 saturated heterocycles. The summed E-state index contributed by atoms with van der Waals surface area (Å²) in [6.45, 7) is 3.43. The molecule has 0 amide bonds. The molecule has 2 aromatic rings. The van der Waals surface area contributed by atoms with E-state index in [0.717, 1.165) is 0 Å². The average Bonchev–Trinajstić information content (AvgIpc) is 3.14. The van der Waals surface area contributed by atoms with Gasteiger partial charge in [-0.15, -0.1) is 10.2 Å². The molecule has 1 aromatic carbocycles. The second-order valence-corrected chi connectivity index (χ2v) is 5.54. The molecule has 1 aliphatic rings. The van der Waals surface area contributed by atoms with E-state index in [-0.39, 0.29) is 6.04 Å². The molecule has 2 atom stereocenters. The third kappa shape index (κ3) is 3.67. The minimum Gasteiger partial charge on any atom is -0.492 e. The minimum atomic E-state index is -0.401. The molecule has 1 aromatic heterocycles. The molecule has 1 N–H and O–H groups in total. The van der Waals surface area contributed by atoms with Crippen LogP contribution in [0.1, 0.15) is 29.8 Å². The molecule has 7 nitrogen and oxygen atoms in total. The number of aliphatic hydroxyl groups excluding tert-OH is 1. The first-order valence-electron chi connectivity index (χ1n) is 7.51. The van der Waals surface area contributed by atoms with Crippen molar-refractivity contribution in [3.63, 3.8) is 0 Å². The van der Waals surface area contributed by atoms with Crippen LogP contribution in [0.15, 0.2) is 28.7 Å². The van der Waals surface area contributed by atoms with Gasteiger partial charge in [-0.25, -0.2) is 0 Å². The molecule has 0 unspecified atom stereocenters. The SMILES string of the molecule is Cc1nnc([C@H]2C[C@@H](O)CN2CCOc2ccc(C#N)cc2)o1. The quantitative estimate of drug-likeness (QED) is 0.892. The van der Waals surface area contributed by atoms with E-state index >= 15 is 0 Å². The Morgan fingerprint density at radius 3 is 2.83 bits per heavy atom. The van der Waals surface area contributed by atoms with E-state index in [1.54, 1.807) is 31.2 Å². The molecule has 0 radical (unpaired) electrons. The maximum Gasteiger partial charge on any atom is 0.233 e. The topological polar surface area (TPSA) is 95.4 Å². The minimum absolute atomic E-state index is 0.0734. The zero-order chi connectivity index (χ0) is 16.2. The highest BCUT2D eigenvalue weighted by molar-refractivity contribution is 5.34. The molecule has 1 fully saturated rings. The Morgan fingerprint density at radius 1 is 1.39 bits per heavy atom. The molecule has 1 aliphatic heterocycles. The fraction of sp³-hybridized carbons (Fsp3) is 0.438. The number of aliphatic hydroxyl groups is 1. The Balaban J connectivity index is 1.56. The lowest BCUT2D eigenvalue weighted by Crippen LogP contribution is -2.29. The van der Waals surface area contributed by atoms with Crippen LogP contribution in [0.2, 0.25) is 0 Å². The molecule has 2 heterocycles. The van der Waals surface area contributed by atoms with Gasteiger partial charge in [0.05, 0.1) is 23.8 Å². The van der Waals surface area contributed by atoms with Crippen LogP contribution in [-0.4, -0.2) is 46.0 Å². The van der Waals surface area contributed by atoms with Crippen LogP contribution in [0.25, 0.3) is 0 Å². The van der Waals surface area contributed by atoms with Gasteiger partial charge in [0.2, 0.25) is 11.8 Å². The summed E-state index contributed by atoms with van der Waals surface area (Å²) in [5, 5.41) is 26.6. The first kappa shape index (κ1) is 15.5. The lowest BCUT2D eigenvalue weighted by atomic mass is 10.2. The summed E-state index contributed by atoms with van der Waals surface area (Å²) >= 11 is 0. The average molecular weight is 314 g/mol. The van der Waals surface area contributed by atoms with Crippen molar-refractivity contribution in [2.45, 2.75) is 25.5 Å². The number of nitrogens with zero attached hydrogens (tertiary/aromatic N) is 4. The van der Waals surface area contributed by atoms with Crippen molar-refractivity contribution < 1.29 is 14.3 Å². The maximum atomic E-state index is 9.91. The smallest absolute Gasteiger partial charge is 0.233 e. The Hall–Kier alpha value is -2.43. The molecular weight excluding hydrogens is 296 g/mol. The first-order valence-corrected chi connectivity index (χ1v) is 7.51. The zero-order valence-electron chi connectivity index (χ0n) is 12.8. The van der Waals surface area contributed by atoms with Crippen molar-refractivity contribution in [3.05, 3.63) is 41.6 Å². The van der Waals surface area contributed by atoms with E-state index in [1.807, 2.05) is 0 Å². The summed E-state index contributed by atoms with van der Waals surface area (Å²) in [7, 11) is 0. The van der Waals surface area contributed by atoms with Crippen molar-refractivity contribution in [2.24, 2.45) is 0 Å². The van der Waals surface area contributed by atoms with Crippen molar-refractivity contribution in [3.8, 4) is 11.8 Å². The van der Waals surface area contributed by atoms with E-state index in [1.165, 1.54) is 0 Å². The van der Waals surface area contributed by atoms with Gasteiger partial charge >= 0.3 is 0 Å². The number of rotatable bonds is 5. The molecule has 0 spiro atoms. The standard InChI is InChI=1S/C16H18N4O3/c1-11-18-19-16(23-11)15-8-13(21)10-20(15)6-7-22-14-4-2-12(9-17)3-5-14/h2-5,13,15,21H,6-8,10H2,1H3/t13-,15-/m1/s1. The molecule has 120 valence electrons. The van der Waals surface area contributed by atoms with Gasteiger partial charge in [-0.3, -0.25) is 4.90 Å². The normalized spacial score (nSPS) is 21.3. The van der Waals surface area contributed by atoms with Gasteiger partial charge in [0.15, 0.2) is 0 Å². The molecule has 3 rings (SSSR count). The predicted molar refractivity (Wildman–Crippen MR) is 80.6 cm³/mol. The van der Waals surface area contributed by atoms with Crippen LogP contribution in [0.4, 0.5) is 0 Å². The van der Waals surface area contributed by atoms with Crippen molar-refractivity contribution >= 4 is 0 Å². The van der Waals surface area contributed by atoms with Gasteiger partial charge in [-0.05, 0) is 30.7 Å². The van der Waals surface area contributed by atoms with E-state index in [9.17, 15) is 5.11 Å². The van der Waals surface area contributed by atoms with E-state index in [2.05, 4.69) is 21.2 Å². The van der Waals surface area contributed by atoms with E-state index in [0.29, 0.717) is 49.2 Å². The summed E-state index contributed by atoms with van der Waals surface area (Å²) in [5.41, 5.74) is 0.604. The summed E-state index contributed by atoms with van der Waals surface area (Å²) in [6.07, 6.45) is 0.181. The predicted octanol–water partition coefficient (Wildman–Crippen LogP) is 1.44. The van der Waals surface area contributed by atoms with Gasteiger partial charge in [0.1, 0.15) is 12.4 Å². The molecular formula is C16H18N4O3. The van der Waals surface area contributed by atoms with Gasteiger partial charge in [-0.2, -0.15) is 5.26 Å². The van der Waals surface area contributed by atoms with E-state index < -0.39 is 6.10 Å². The highest BCUT2D eigenvalue weighted by Gasteiger charge is 2.35. The van der Waals surface area contributed by atoms with Crippen LogP contribution in [0, 0.1) is 18.3 Å². The van der Waals surface area contributed by atoms with Gasteiger partial charge in [-0.1, -0.05) is 0 Å². The second-order valence-electron chi connectivity index (χ2n) is 5.54. The molecule has 7 heteroatoms. The van der Waals surface area contributed by atoms with Crippen LogP contribution < -0.4 is 4.74 Å². The highest BCUT2D eigenvalue weighted by Crippen LogP contribution is 2.30. The number of nitriles is 1. The number of likely N-dealkylation sites (tertiary alicyclic amines) is 1. The number of β-amino-alcohol motifs (C(OH)–C–C–N with tert-alkyl or cyclic N) is 1. The second kappa shape index (κ2) is 6.77. The van der Waals surface area contributed by atoms with Crippen molar-refractivity contribution in [1.29, 1.82) is 5.26 Å².